The Hall–Kier alpha value is -1.26. The predicted octanol–water partition coefficient (Wildman–Crippen LogP) is 3.27. The Balaban J connectivity index is 4.09. The molecule has 1 amide bonds. The van der Waals surface area contributed by atoms with Crippen LogP contribution in [0.5, 0.6) is 0 Å². The zero-order chi connectivity index (χ0) is 15.4. The number of alkyl carbamates (subject to hydrolysis) is 1. The van der Waals surface area contributed by atoms with E-state index in [1.165, 1.54) is 0 Å². The number of carbonyl (C=O) groups excluding carboxylic acids is 2. The zero-order valence-electron chi connectivity index (χ0n) is 13.2. The highest BCUT2D eigenvalue weighted by Gasteiger charge is 2.26. The fraction of sp³-hybridized carbons (Fsp3) is 0.867. The van der Waals surface area contributed by atoms with Crippen LogP contribution < -0.4 is 5.32 Å². The van der Waals surface area contributed by atoms with Crippen molar-refractivity contribution in [3.63, 3.8) is 0 Å². The number of ether oxygens (including phenoxy) is 2. The van der Waals surface area contributed by atoms with Gasteiger partial charge in [0.1, 0.15) is 6.04 Å². The molecular formula is C15H29NO4. The van der Waals surface area contributed by atoms with E-state index in [0.717, 1.165) is 32.1 Å². The van der Waals surface area contributed by atoms with Crippen LogP contribution in [0.2, 0.25) is 0 Å². The Morgan fingerprint density at radius 1 is 0.950 bits per heavy atom. The van der Waals surface area contributed by atoms with Gasteiger partial charge < -0.3 is 14.8 Å². The fourth-order valence-corrected chi connectivity index (χ4v) is 1.65. The monoisotopic (exact) mass is 287 g/mol. The van der Waals surface area contributed by atoms with Gasteiger partial charge in [-0.05, 0) is 18.8 Å². The van der Waals surface area contributed by atoms with Crippen molar-refractivity contribution < 1.29 is 19.1 Å². The second-order valence-corrected chi connectivity index (χ2v) is 5.23. The molecule has 0 bridgehead atoms. The summed E-state index contributed by atoms with van der Waals surface area (Å²) in [7, 11) is 0. The lowest BCUT2D eigenvalue weighted by Gasteiger charge is -2.20. The summed E-state index contributed by atoms with van der Waals surface area (Å²) in [6.07, 6.45) is 4.41. The Kier molecular flexibility index (Phi) is 10.8. The molecule has 0 aliphatic carbocycles. The van der Waals surface area contributed by atoms with E-state index in [2.05, 4.69) is 12.2 Å². The van der Waals surface area contributed by atoms with Gasteiger partial charge in [0.15, 0.2) is 0 Å². The highest BCUT2D eigenvalue weighted by Crippen LogP contribution is 2.06. The summed E-state index contributed by atoms with van der Waals surface area (Å²) in [4.78, 5) is 23.4. The van der Waals surface area contributed by atoms with Crippen LogP contribution in [0.15, 0.2) is 0 Å². The number of amides is 1. The topological polar surface area (TPSA) is 64.6 Å². The number of hydrogen-bond donors (Lipinski definition) is 1. The summed E-state index contributed by atoms with van der Waals surface area (Å²) in [6.45, 7) is 8.53. The van der Waals surface area contributed by atoms with Crippen molar-refractivity contribution in [2.24, 2.45) is 5.92 Å². The number of unbranched alkanes of at least 4 members (excludes halogenated alkanes) is 3. The maximum Gasteiger partial charge on any atom is 0.407 e. The van der Waals surface area contributed by atoms with Crippen LogP contribution in [0.3, 0.4) is 0 Å². The van der Waals surface area contributed by atoms with Crippen molar-refractivity contribution in [2.45, 2.75) is 65.8 Å². The zero-order valence-corrected chi connectivity index (χ0v) is 13.2. The molecule has 0 radical (unpaired) electrons. The summed E-state index contributed by atoms with van der Waals surface area (Å²) in [6, 6.07) is -0.648. The molecule has 0 aliphatic heterocycles. The molecule has 0 fully saturated rings. The molecule has 5 nitrogen and oxygen atoms in total. The molecule has 0 aromatic heterocycles. The van der Waals surface area contributed by atoms with E-state index in [-0.39, 0.29) is 11.9 Å². The van der Waals surface area contributed by atoms with Crippen LogP contribution in [0.4, 0.5) is 4.79 Å². The van der Waals surface area contributed by atoms with Crippen LogP contribution in [0.1, 0.15) is 59.8 Å². The molecule has 118 valence electrons. The maximum absolute atomic E-state index is 11.9. The first-order valence-electron chi connectivity index (χ1n) is 7.62. The maximum atomic E-state index is 11.9. The standard InChI is InChI=1S/C15H29NO4/c1-5-7-8-9-11-19-14(17)13(12(3)4)16-15(18)20-10-6-2/h12-13H,5-11H2,1-4H3,(H,16,18). The highest BCUT2D eigenvalue weighted by atomic mass is 16.6. The van der Waals surface area contributed by atoms with E-state index in [1.807, 2.05) is 20.8 Å². The molecule has 0 aliphatic rings. The van der Waals surface area contributed by atoms with E-state index < -0.39 is 12.1 Å². The lowest BCUT2D eigenvalue weighted by Crippen LogP contribution is -2.45. The van der Waals surface area contributed by atoms with Crippen molar-refractivity contribution in [3.8, 4) is 0 Å². The number of rotatable bonds is 10. The normalized spacial score (nSPS) is 12.1. The lowest BCUT2D eigenvalue weighted by molar-refractivity contribution is -0.147. The molecule has 1 atom stereocenters. The van der Waals surface area contributed by atoms with Crippen LogP contribution >= 0.6 is 0 Å². The quantitative estimate of drug-likeness (QED) is 0.495. The molecule has 0 aromatic carbocycles. The number of nitrogens with one attached hydrogen (secondary N) is 1. The molecule has 1 N–H and O–H groups in total. The minimum absolute atomic E-state index is 0.0349. The Morgan fingerprint density at radius 2 is 1.65 bits per heavy atom. The number of carbonyl (C=O) groups is 2. The molecule has 0 heterocycles. The Morgan fingerprint density at radius 3 is 2.20 bits per heavy atom. The van der Waals surface area contributed by atoms with Gasteiger partial charge in [-0.15, -0.1) is 0 Å². The lowest BCUT2D eigenvalue weighted by atomic mass is 10.1. The van der Waals surface area contributed by atoms with Gasteiger partial charge in [-0.1, -0.05) is 47.0 Å². The van der Waals surface area contributed by atoms with E-state index >= 15 is 0 Å². The SMILES string of the molecule is CCCCCCOC(=O)C(NC(=O)OCCC)C(C)C. The molecule has 0 spiro atoms. The molecule has 20 heavy (non-hydrogen) atoms. The third-order valence-corrected chi connectivity index (χ3v) is 2.87. The second-order valence-electron chi connectivity index (χ2n) is 5.23. The van der Waals surface area contributed by atoms with E-state index in [1.54, 1.807) is 0 Å². The summed E-state index contributed by atoms with van der Waals surface area (Å²) < 4.78 is 10.1. The average Bonchev–Trinajstić information content (AvgIpc) is 2.41. The summed E-state index contributed by atoms with van der Waals surface area (Å²) in [5.74, 6) is -0.419. The third-order valence-electron chi connectivity index (χ3n) is 2.87. The largest absolute Gasteiger partial charge is 0.464 e. The predicted molar refractivity (Wildman–Crippen MR) is 78.5 cm³/mol. The van der Waals surface area contributed by atoms with Crippen molar-refractivity contribution >= 4 is 12.1 Å². The van der Waals surface area contributed by atoms with Crippen molar-refractivity contribution in [3.05, 3.63) is 0 Å². The molecule has 0 saturated carbocycles. The smallest absolute Gasteiger partial charge is 0.407 e. The number of hydrogen-bond acceptors (Lipinski definition) is 4. The van der Waals surface area contributed by atoms with Gasteiger partial charge in [0.05, 0.1) is 13.2 Å². The van der Waals surface area contributed by atoms with E-state index in [4.69, 9.17) is 9.47 Å². The Bertz CT molecular complexity index is 279. The van der Waals surface area contributed by atoms with Crippen LogP contribution in [0.25, 0.3) is 0 Å². The first-order valence-corrected chi connectivity index (χ1v) is 7.62. The van der Waals surface area contributed by atoms with Gasteiger partial charge >= 0.3 is 12.1 Å². The second kappa shape index (κ2) is 11.6. The van der Waals surface area contributed by atoms with Gasteiger partial charge in [-0.3, -0.25) is 0 Å². The van der Waals surface area contributed by atoms with E-state index in [9.17, 15) is 9.59 Å². The molecule has 0 rings (SSSR count). The molecule has 5 heteroatoms. The average molecular weight is 287 g/mol. The van der Waals surface area contributed by atoms with Gasteiger partial charge in [0.2, 0.25) is 0 Å². The van der Waals surface area contributed by atoms with Crippen molar-refractivity contribution in [2.75, 3.05) is 13.2 Å². The van der Waals surface area contributed by atoms with Crippen LogP contribution in [-0.2, 0) is 14.3 Å². The highest BCUT2D eigenvalue weighted by molar-refractivity contribution is 5.81. The van der Waals surface area contributed by atoms with Crippen LogP contribution in [-0.4, -0.2) is 31.3 Å². The van der Waals surface area contributed by atoms with E-state index in [0.29, 0.717) is 13.2 Å². The summed E-state index contributed by atoms with van der Waals surface area (Å²) in [5.41, 5.74) is 0. The minimum atomic E-state index is -0.648. The van der Waals surface area contributed by atoms with Gasteiger partial charge in [-0.2, -0.15) is 0 Å². The van der Waals surface area contributed by atoms with Crippen molar-refractivity contribution in [1.29, 1.82) is 0 Å². The molecule has 0 aromatic rings. The number of esters is 1. The summed E-state index contributed by atoms with van der Waals surface area (Å²) >= 11 is 0. The van der Waals surface area contributed by atoms with Gasteiger partial charge in [-0.25, -0.2) is 9.59 Å². The van der Waals surface area contributed by atoms with Gasteiger partial charge in [0.25, 0.3) is 0 Å². The molecular weight excluding hydrogens is 258 g/mol. The molecule has 0 saturated heterocycles. The van der Waals surface area contributed by atoms with Gasteiger partial charge in [0, 0.05) is 0 Å². The molecule has 1 unspecified atom stereocenters. The summed E-state index contributed by atoms with van der Waals surface area (Å²) in [5, 5.41) is 2.57. The van der Waals surface area contributed by atoms with Crippen molar-refractivity contribution in [1.82, 2.24) is 5.32 Å². The first-order chi connectivity index (χ1) is 9.52. The fourth-order valence-electron chi connectivity index (χ4n) is 1.65. The third kappa shape index (κ3) is 8.77. The first kappa shape index (κ1) is 18.7. The Labute approximate surface area is 122 Å². The minimum Gasteiger partial charge on any atom is -0.464 e. The van der Waals surface area contributed by atoms with Crippen LogP contribution in [0, 0.1) is 5.92 Å².